The van der Waals surface area contributed by atoms with Gasteiger partial charge in [0.15, 0.2) is 5.75 Å². The van der Waals surface area contributed by atoms with Gasteiger partial charge >= 0.3 is 24.0 Å². The van der Waals surface area contributed by atoms with E-state index < -0.39 is 34.8 Å². The van der Waals surface area contributed by atoms with Crippen molar-refractivity contribution in [2.45, 2.75) is 18.0 Å². The molecule has 0 aliphatic rings. The van der Waals surface area contributed by atoms with Gasteiger partial charge in [0, 0.05) is 11.1 Å². The van der Waals surface area contributed by atoms with Gasteiger partial charge in [-0.05, 0) is 12.1 Å². The highest BCUT2D eigenvalue weighted by Crippen LogP contribution is 2.47. The first-order valence-corrected chi connectivity index (χ1v) is 5.56. The highest BCUT2D eigenvalue weighted by molar-refractivity contribution is 6.34. The molecule has 0 saturated heterocycles. The number of carbonyl (C=O) groups is 1. The Balaban J connectivity index is 3.10. The quantitative estimate of drug-likeness (QED) is 0.443. The van der Waals surface area contributed by atoms with Crippen LogP contribution in [0.4, 0.5) is 30.7 Å². The zero-order chi connectivity index (χ0) is 16.6. The standard InChI is InChI=1S/C10H3Cl2F7O2/c11-4-1-2-5(12)6(3-4)21-7(20)8(13,14)9(15,16)10(17,18)19/h1-3H. The van der Waals surface area contributed by atoms with Gasteiger partial charge in [-0.1, -0.05) is 23.2 Å². The number of esters is 1. The molecule has 0 bridgehead atoms. The fraction of sp³-hybridized carbons (Fsp3) is 0.300. The first-order valence-electron chi connectivity index (χ1n) is 4.80. The molecule has 0 aliphatic carbocycles. The molecule has 0 atom stereocenters. The van der Waals surface area contributed by atoms with E-state index in [-0.39, 0.29) is 5.02 Å². The zero-order valence-electron chi connectivity index (χ0n) is 9.45. The van der Waals surface area contributed by atoms with E-state index in [4.69, 9.17) is 23.2 Å². The van der Waals surface area contributed by atoms with Crippen molar-refractivity contribution in [1.82, 2.24) is 0 Å². The summed E-state index contributed by atoms with van der Waals surface area (Å²) < 4.78 is 90.6. The van der Waals surface area contributed by atoms with Crippen LogP contribution in [0.1, 0.15) is 0 Å². The molecule has 0 amide bonds. The predicted octanol–water partition coefficient (Wildman–Crippen LogP) is 4.73. The monoisotopic (exact) mass is 358 g/mol. The van der Waals surface area contributed by atoms with Gasteiger partial charge in [0.2, 0.25) is 0 Å². The van der Waals surface area contributed by atoms with E-state index in [0.29, 0.717) is 6.07 Å². The number of ether oxygens (including phenoxy) is 1. The fourth-order valence-corrected chi connectivity index (χ4v) is 1.34. The van der Waals surface area contributed by atoms with Crippen molar-refractivity contribution >= 4 is 29.2 Å². The van der Waals surface area contributed by atoms with Gasteiger partial charge in [-0.15, -0.1) is 0 Å². The van der Waals surface area contributed by atoms with Gasteiger partial charge in [0.05, 0.1) is 5.02 Å². The molecule has 0 aliphatic heterocycles. The molecule has 21 heavy (non-hydrogen) atoms. The van der Waals surface area contributed by atoms with Gasteiger partial charge in [-0.3, -0.25) is 0 Å². The molecule has 0 spiro atoms. The van der Waals surface area contributed by atoms with Crippen molar-refractivity contribution < 1.29 is 40.3 Å². The summed E-state index contributed by atoms with van der Waals surface area (Å²) >= 11 is 10.8. The summed E-state index contributed by atoms with van der Waals surface area (Å²) in [6.45, 7) is 0. The van der Waals surface area contributed by atoms with Crippen LogP contribution >= 0.6 is 23.2 Å². The molecule has 11 heteroatoms. The van der Waals surface area contributed by atoms with E-state index in [0.717, 1.165) is 12.1 Å². The van der Waals surface area contributed by atoms with Gasteiger partial charge in [-0.25, -0.2) is 4.79 Å². The number of halogens is 9. The van der Waals surface area contributed by atoms with Gasteiger partial charge in [0.1, 0.15) is 0 Å². The smallest absolute Gasteiger partial charge is 0.420 e. The van der Waals surface area contributed by atoms with Crippen LogP contribution in [0.5, 0.6) is 5.75 Å². The Morgan fingerprint density at radius 3 is 2.00 bits per heavy atom. The molecular formula is C10H3Cl2F7O2. The van der Waals surface area contributed by atoms with E-state index >= 15 is 0 Å². The van der Waals surface area contributed by atoms with Crippen LogP contribution in [0.15, 0.2) is 18.2 Å². The maximum atomic E-state index is 13.0. The van der Waals surface area contributed by atoms with Crippen LogP contribution in [-0.2, 0) is 4.79 Å². The summed E-state index contributed by atoms with van der Waals surface area (Å²) in [5.74, 6) is -16.8. The molecule has 1 aromatic carbocycles. The Labute approximate surface area is 122 Å². The zero-order valence-corrected chi connectivity index (χ0v) is 11.0. The maximum absolute atomic E-state index is 13.0. The first-order chi connectivity index (χ1) is 9.30. The Kier molecular flexibility index (Phi) is 4.69. The average molecular weight is 359 g/mol. The lowest BCUT2D eigenvalue weighted by molar-refractivity contribution is -0.346. The van der Waals surface area contributed by atoms with E-state index in [1.807, 2.05) is 0 Å². The molecular weight excluding hydrogens is 356 g/mol. The second-order valence-corrected chi connectivity index (χ2v) is 4.45. The summed E-state index contributed by atoms with van der Waals surface area (Å²) in [6, 6.07) is 2.81. The number of hydrogen-bond donors (Lipinski definition) is 0. The summed E-state index contributed by atoms with van der Waals surface area (Å²) in [4.78, 5) is 10.9. The van der Waals surface area contributed by atoms with Gasteiger partial charge in [-0.2, -0.15) is 30.7 Å². The van der Waals surface area contributed by atoms with Crippen LogP contribution in [0.25, 0.3) is 0 Å². The summed E-state index contributed by atoms with van der Waals surface area (Å²) in [5.41, 5.74) is 0. The Bertz CT molecular complexity index is 557. The molecule has 0 heterocycles. The third kappa shape index (κ3) is 3.34. The second-order valence-electron chi connectivity index (χ2n) is 3.61. The van der Waals surface area contributed by atoms with Crippen molar-refractivity contribution in [3.8, 4) is 5.75 Å². The first kappa shape index (κ1) is 17.8. The highest BCUT2D eigenvalue weighted by atomic mass is 35.5. The van der Waals surface area contributed by atoms with E-state index in [2.05, 4.69) is 4.74 Å². The number of rotatable bonds is 3. The van der Waals surface area contributed by atoms with Crippen molar-refractivity contribution in [3.63, 3.8) is 0 Å². The Morgan fingerprint density at radius 2 is 1.52 bits per heavy atom. The minimum Gasteiger partial charge on any atom is -0.420 e. The fourth-order valence-electron chi connectivity index (χ4n) is 1.03. The molecule has 0 saturated carbocycles. The average Bonchev–Trinajstić information content (AvgIpc) is 2.32. The van der Waals surface area contributed by atoms with Crippen molar-refractivity contribution in [2.24, 2.45) is 0 Å². The Hall–Kier alpha value is -1.22. The van der Waals surface area contributed by atoms with Crippen LogP contribution in [0.3, 0.4) is 0 Å². The molecule has 0 radical (unpaired) electrons. The summed E-state index contributed by atoms with van der Waals surface area (Å²) in [6.07, 6.45) is -6.65. The normalized spacial score (nSPS) is 13.2. The van der Waals surface area contributed by atoms with Crippen LogP contribution in [0, 0.1) is 0 Å². The minimum absolute atomic E-state index is 0.173. The van der Waals surface area contributed by atoms with E-state index in [1.54, 1.807) is 0 Å². The lowest BCUT2D eigenvalue weighted by atomic mass is 10.1. The van der Waals surface area contributed by atoms with E-state index in [9.17, 15) is 35.5 Å². The van der Waals surface area contributed by atoms with Crippen LogP contribution in [-0.4, -0.2) is 24.0 Å². The highest BCUT2D eigenvalue weighted by Gasteiger charge is 2.77. The number of alkyl halides is 7. The molecule has 2 nitrogen and oxygen atoms in total. The van der Waals surface area contributed by atoms with Crippen LogP contribution in [0.2, 0.25) is 10.0 Å². The topological polar surface area (TPSA) is 26.3 Å². The third-order valence-electron chi connectivity index (χ3n) is 2.10. The molecule has 118 valence electrons. The molecule has 0 unspecified atom stereocenters. The van der Waals surface area contributed by atoms with Crippen molar-refractivity contribution in [2.75, 3.05) is 0 Å². The Morgan fingerprint density at radius 1 is 1.00 bits per heavy atom. The van der Waals surface area contributed by atoms with Crippen molar-refractivity contribution in [1.29, 1.82) is 0 Å². The molecule has 0 aromatic heterocycles. The molecule has 0 fully saturated rings. The summed E-state index contributed by atoms with van der Waals surface area (Å²) in [5, 5.41) is -0.660. The molecule has 1 rings (SSSR count). The minimum atomic E-state index is -6.65. The molecule has 0 N–H and O–H groups in total. The second kappa shape index (κ2) is 5.53. The lowest BCUT2D eigenvalue weighted by Gasteiger charge is -2.26. The molecule has 1 aromatic rings. The number of carbonyl (C=O) groups excluding carboxylic acids is 1. The summed E-state index contributed by atoms with van der Waals surface area (Å²) in [7, 11) is 0. The number of hydrogen-bond acceptors (Lipinski definition) is 2. The van der Waals surface area contributed by atoms with E-state index in [1.165, 1.54) is 0 Å². The maximum Gasteiger partial charge on any atom is 0.460 e. The lowest BCUT2D eigenvalue weighted by Crippen LogP contribution is -2.57. The SMILES string of the molecule is O=C(Oc1cc(Cl)ccc1Cl)C(F)(F)C(F)(F)C(F)(F)F. The third-order valence-corrected chi connectivity index (χ3v) is 2.65. The van der Waals surface area contributed by atoms with Gasteiger partial charge < -0.3 is 4.74 Å². The number of benzene rings is 1. The largest absolute Gasteiger partial charge is 0.460 e. The van der Waals surface area contributed by atoms with Crippen molar-refractivity contribution in [3.05, 3.63) is 28.2 Å². The predicted molar refractivity (Wildman–Crippen MR) is 58.0 cm³/mol. The van der Waals surface area contributed by atoms with Gasteiger partial charge in [0.25, 0.3) is 0 Å². The van der Waals surface area contributed by atoms with Crippen LogP contribution < -0.4 is 4.74 Å².